The van der Waals surface area contributed by atoms with Crippen molar-refractivity contribution >= 4 is 5.57 Å². The summed E-state index contributed by atoms with van der Waals surface area (Å²) in [6, 6.07) is 11.0. The van der Waals surface area contributed by atoms with Gasteiger partial charge in [-0.25, -0.2) is 13.2 Å². The fourth-order valence-electron chi connectivity index (χ4n) is 3.37. The monoisotopic (exact) mass is 368 g/mol. The number of hydrogen-bond donors (Lipinski definition) is 0. The number of rotatable bonds is 6. The van der Waals surface area contributed by atoms with Gasteiger partial charge >= 0.3 is 0 Å². The van der Waals surface area contributed by atoms with Crippen LogP contribution in [0.15, 0.2) is 72.8 Å². The van der Waals surface area contributed by atoms with Crippen molar-refractivity contribution in [3.05, 3.63) is 101 Å². The second-order valence-corrected chi connectivity index (χ2v) is 6.76. The number of alkyl halides is 1. The highest BCUT2D eigenvalue weighted by Gasteiger charge is 2.37. The van der Waals surface area contributed by atoms with Gasteiger partial charge in [-0.2, -0.15) is 0 Å². The van der Waals surface area contributed by atoms with Crippen molar-refractivity contribution in [3.8, 4) is 0 Å². The van der Waals surface area contributed by atoms with Gasteiger partial charge in [0.15, 0.2) is 17.3 Å². The SMILES string of the molecule is CCC=CCCc1ccc(C2(F)CC=CC=C2c2ccc(F)c(F)c2)cc1. The van der Waals surface area contributed by atoms with Crippen LogP contribution in [-0.2, 0) is 12.1 Å². The van der Waals surface area contributed by atoms with Gasteiger partial charge in [0.1, 0.15) is 0 Å². The van der Waals surface area contributed by atoms with E-state index in [0.717, 1.165) is 37.0 Å². The van der Waals surface area contributed by atoms with Crippen molar-refractivity contribution in [1.82, 2.24) is 0 Å². The number of allylic oxidation sites excluding steroid dienone is 6. The van der Waals surface area contributed by atoms with E-state index >= 15 is 4.39 Å². The Labute approximate surface area is 158 Å². The van der Waals surface area contributed by atoms with Crippen molar-refractivity contribution in [3.63, 3.8) is 0 Å². The molecule has 0 aromatic heterocycles. The van der Waals surface area contributed by atoms with Gasteiger partial charge in [0.25, 0.3) is 0 Å². The summed E-state index contributed by atoms with van der Waals surface area (Å²) in [5.41, 5.74) is 0.611. The van der Waals surface area contributed by atoms with E-state index in [1.165, 1.54) is 6.07 Å². The molecule has 140 valence electrons. The van der Waals surface area contributed by atoms with Crippen molar-refractivity contribution in [2.75, 3.05) is 0 Å². The van der Waals surface area contributed by atoms with E-state index in [4.69, 9.17) is 0 Å². The Kier molecular flexibility index (Phi) is 6.00. The van der Waals surface area contributed by atoms with E-state index in [1.54, 1.807) is 30.4 Å². The van der Waals surface area contributed by atoms with Gasteiger partial charge in [-0.1, -0.05) is 67.6 Å². The van der Waals surface area contributed by atoms with Crippen LogP contribution in [0.25, 0.3) is 5.57 Å². The lowest BCUT2D eigenvalue weighted by Gasteiger charge is -2.30. The molecule has 1 unspecified atom stereocenters. The van der Waals surface area contributed by atoms with Crippen LogP contribution in [0.2, 0.25) is 0 Å². The lowest BCUT2D eigenvalue weighted by Crippen LogP contribution is -2.23. The lowest BCUT2D eigenvalue weighted by atomic mass is 9.79. The molecule has 27 heavy (non-hydrogen) atoms. The van der Waals surface area contributed by atoms with E-state index < -0.39 is 17.3 Å². The standard InChI is InChI=1S/C24H23F3/c1-2-3-4-5-8-18-10-13-20(14-11-18)24(27)16-7-6-9-21(24)19-12-15-22(25)23(26)17-19/h3-4,6-7,9-15,17H,2,5,8,16H2,1H3. The minimum atomic E-state index is -1.76. The summed E-state index contributed by atoms with van der Waals surface area (Å²) in [7, 11) is 0. The van der Waals surface area contributed by atoms with Gasteiger partial charge in [-0.3, -0.25) is 0 Å². The third kappa shape index (κ3) is 4.24. The summed E-state index contributed by atoms with van der Waals surface area (Å²) in [6.07, 6.45) is 12.5. The first-order valence-corrected chi connectivity index (χ1v) is 9.30. The van der Waals surface area contributed by atoms with Gasteiger partial charge in [0.05, 0.1) is 0 Å². The summed E-state index contributed by atoms with van der Waals surface area (Å²) in [4.78, 5) is 0. The van der Waals surface area contributed by atoms with Gasteiger partial charge < -0.3 is 0 Å². The molecule has 0 amide bonds. The van der Waals surface area contributed by atoms with Crippen molar-refractivity contribution < 1.29 is 13.2 Å². The molecule has 2 aromatic rings. The van der Waals surface area contributed by atoms with Crippen molar-refractivity contribution in [2.45, 2.75) is 38.3 Å². The van der Waals surface area contributed by atoms with Crippen molar-refractivity contribution in [1.29, 1.82) is 0 Å². The average molecular weight is 368 g/mol. The summed E-state index contributed by atoms with van der Waals surface area (Å²) >= 11 is 0. The smallest absolute Gasteiger partial charge is 0.165 e. The number of hydrogen-bond acceptors (Lipinski definition) is 0. The Balaban J connectivity index is 1.87. The maximum atomic E-state index is 16.0. The van der Waals surface area contributed by atoms with Gasteiger partial charge in [-0.05, 0) is 48.1 Å². The first-order chi connectivity index (χ1) is 13.0. The Morgan fingerprint density at radius 1 is 1.00 bits per heavy atom. The molecule has 0 nitrogen and oxygen atoms in total. The third-order valence-electron chi connectivity index (χ3n) is 4.87. The summed E-state index contributed by atoms with van der Waals surface area (Å²) in [6.45, 7) is 2.10. The molecule has 1 aliphatic carbocycles. The van der Waals surface area contributed by atoms with E-state index in [9.17, 15) is 8.78 Å². The fraction of sp³-hybridized carbons (Fsp3) is 0.250. The zero-order valence-corrected chi connectivity index (χ0v) is 15.4. The molecule has 0 saturated carbocycles. The molecule has 3 heteroatoms. The molecule has 0 aliphatic heterocycles. The van der Waals surface area contributed by atoms with Crippen LogP contribution in [0.4, 0.5) is 13.2 Å². The van der Waals surface area contributed by atoms with Crippen LogP contribution in [0, 0.1) is 11.6 Å². The molecule has 3 rings (SSSR count). The molecule has 0 radical (unpaired) electrons. The first kappa shape index (κ1) is 19.2. The Bertz CT molecular complexity index is 875. The van der Waals surface area contributed by atoms with Crippen LogP contribution < -0.4 is 0 Å². The van der Waals surface area contributed by atoms with Crippen LogP contribution in [0.3, 0.4) is 0 Å². The zero-order chi connectivity index (χ0) is 19.3. The predicted molar refractivity (Wildman–Crippen MR) is 105 cm³/mol. The first-order valence-electron chi connectivity index (χ1n) is 9.30. The maximum Gasteiger partial charge on any atom is 0.165 e. The van der Waals surface area contributed by atoms with E-state index in [0.29, 0.717) is 16.7 Å². The van der Waals surface area contributed by atoms with Crippen LogP contribution in [0.1, 0.15) is 42.9 Å². The maximum absolute atomic E-state index is 16.0. The molecule has 2 aromatic carbocycles. The Hall–Kier alpha value is -2.55. The van der Waals surface area contributed by atoms with Crippen LogP contribution in [0.5, 0.6) is 0 Å². The largest absolute Gasteiger partial charge is 0.233 e. The summed E-state index contributed by atoms with van der Waals surface area (Å²) < 4.78 is 43.0. The highest BCUT2D eigenvalue weighted by Crippen LogP contribution is 2.45. The number of halogens is 3. The highest BCUT2D eigenvalue weighted by molar-refractivity contribution is 5.76. The molecule has 0 fully saturated rings. The zero-order valence-electron chi connectivity index (χ0n) is 15.4. The number of benzene rings is 2. The minimum absolute atomic E-state index is 0.163. The third-order valence-corrected chi connectivity index (χ3v) is 4.87. The van der Waals surface area contributed by atoms with Gasteiger partial charge in [-0.15, -0.1) is 0 Å². The van der Waals surface area contributed by atoms with Crippen LogP contribution >= 0.6 is 0 Å². The summed E-state index contributed by atoms with van der Waals surface area (Å²) in [5, 5.41) is 0. The molecule has 0 saturated heterocycles. The van der Waals surface area contributed by atoms with E-state index in [2.05, 4.69) is 19.1 Å². The lowest BCUT2D eigenvalue weighted by molar-refractivity contribution is 0.249. The normalized spacial score (nSPS) is 19.5. The highest BCUT2D eigenvalue weighted by atomic mass is 19.2. The predicted octanol–water partition coefficient (Wildman–Crippen LogP) is 7.07. The molecule has 0 bridgehead atoms. The van der Waals surface area contributed by atoms with Gasteiger partial charge in [0.2, 0.25) is 0 Å². The molecule has 1 aliphatic rings. The summed E-state index contributed by atoms with van der Waals surface area (Å²) in [5.74, 6) is -1.91. The Morgan fingerprint density at radius 2 is 1.78 bits per heavy atom. The van der Waals surface area contributed by atoms with E-state index in [-0.39, 0.29) is 6.42 Å². The molecule has 0 spiro atoms. The van der Waals surface area contributed by atoms with Gasteiger partial charge in [0, 0.05) is 12.0 Å². The molecular weight excluding hydrogens is 345 g/mol. The Morgan fingerprint density at radius 3 is 2.48 bits per heavy atom. The molecule has 1 atom stereocenters. The van der Waals surface area contributed by atoms with Crippen LogP contribution in [-0.4, -0.2) is 0 Å². The minimum Gasteiger partial charge on any atom is -0.233 e. The second kappa shape index (κ2) is 8.43. The quantitative estimate of drug-likeness (QED) is 0.478. The number of aryl methyl sites for hydroxylation is 1. The van der Waals surface area contributed by atoms with E-state index in [1.807, 2.05) is 12.1 Å². The molecule has 0 N–H and O–H groups in total. The van der Waals surface area contributed by atoms with Crippen molar-refractivity contribution in [2.24, 2.45) is 0 Å². The second-order valence-electron chi connectivity index (χ2n) is 6.76. The topological polar surface area (TPSA) is 0 Å². The molecule has 0 heterocycles. The molecular formula is C24H23F3. The average Bonchev–Trinajstić information content (AvgIpc) is 2.68. The fourth-order valence-corrected chi connectivity index (χ4v) is 3.37.